The highest BCUT2D eigenvalue weighted by molar-refractivity contribution is 7.80. The molecule has 7 heteroatoms. The highest BCUT2D eigenvalue weighted by Crippen LogP contribution is 2.17. The normalized spacial score (nSPS) is 19.6. The third-order valence-electron chi connectivity index (χ3n) is 2.67. The van der Waals surface area contributed by atoms with Crippen LogP contribution in [0.4, 0.5) is 0 Å². The summed E-state index contributed by atoms with van der Waals surface area (Å²) in [5.41, 5.74) is 5.96. The van der Waals surface area contributed by atoms with Gasteiger partial charge >= 0.3 is 0 Å². The number of carbonyl (C=O) groups is 1. The second-order valence-electron chi connectivity index (χ2n) is 3.87. The van der Waals surface area contributed by atoms with Crippen molar-refractivity contribution in [3.63, 3.8) is 0 Å². The molecule has 1 aliphatic heterocycles. The number of rotatable bonds is 2. The summed E-state index contributed by atoms with van der Waals surface area (Å²) < 4.78 is 5.38. The standard InChI is InChI=1S/C11H12ClN3O2S/c12-8-5-14-2-1-7(8)11(16)15-3-4-17-9(6-15)10(13)18/h1-2,5,9H,3-4,6H2,(H2,13,18). The molecule has 1 unspecified atom stereocenters. The molecular formula is C11H12ClN3O2S. The zero-order valence-corrected chi connectivity index (χ0v) is 11.1. The van der Waals surface area contributed by atoms with Crippen LogP contribution in [0.5, 0.6) is 0 Å². The molecule has 0 radical (unpaired) electrons. The molecule has 2 heterocycles. The molecule has 0 aromatic carbocycles. The Morgan fingerprint density at radius 2 is 2.44 bits per heavy atom. The minimum Gasteiger partial charge on any atom is -0.391 e. The van der Waals surface area contributed by atoms with E-state index >= 15 is 0 Å². The van der Waals surface area contributed by atoms with Crippen molar-refractivity contribution in [3.8, 4) is 0 Å². The first-order valence-electron chi connectivity index (χ1n) is 5.39. The molecule has 1 aromatic heterocycles. The van der Waals surface area contributed by atoms with Crippen molar-refractivity contribution in [3.05, 3.63) is 29.0 Å². The average molecular weight is 286 g/mol. The summed E-state index contributed by atoms with van der Waals surface area (Å²) in [7, 11) is 0. The molecule has 1 saturated heterocycles. The summed E-state index contributed by atoms with van der Waals surface area (Å²) in [6.45, 7) is 1.26. The quantitative estimate of drug-likeness (QED) is 0.817. The number of carbonyl (C=O) groups excluding carboxylic acids is 1. The van der Waals surface area contributed by atoms with Gasteiger partial charge in [-0.2, -0.15) is 0 Å². The van der Waals surface area contributed by atoms with Crippen LogP contribution in [0.1, 0.15) is 10.4 Å². The topological polar surface area (TPSA) is 68.5 Å². The predicted molar refractivity (Wildman–Crippen MR) is 71.7 cm³/mol. The SMILES string of the molecule is NC(=S)C1CN(C(=O)c2ccncc2Cl)CCO1. The van der Waals surface area contributed by atoms with E-state index in [4.69, 9.17) is 34.3 Å². The first-order chi connectivity index (χ1) is 8.59. The smallest absolute Gasteiger partial charge is 0.255 e. The van der Waals surface area contributed by atoms with Gasteiger partial charge in [0.05, 0.1) is 23.7 Å². The van der Waals surface area contributed by atoms with Crippen LogP contribution in [0.2, 0.25) is 5.02 Å². The zero-order valence-electron chi connectivity index (χ0n) is 9.51. The molecule has 0 spiro atoms. The molecule has 96 valence electrons. The van der Waals surface area contributed by atoms with Gasteiger partial charge in [-0.1, -0.05) is 23.8 Å². The molecule has 0 aliphatic carbocycles. The van der Waals surface area contributed by atoms with E-state index in [0.29, 0.717) is 30.3 Å². The van der Waals surface area contributed by atoms with Gasteiger partial charge in [0.25, 0.3) is 5.91 Å². The van der Waals surface area contributed by atoms with Gasteiger partial charge in [0.2, 0.25) is 0 Å². The third-order valence-corrected chi connectivity index (χ3v) is 3.24. The maximum absolute atomic E-state index is 12.3. The van der Waals surface area contributed by atoms with Crippen molar-refractivity contribution in [1.82, 2.24) is 9.88 Å². The summed E-state index contributed by atoms with van der Waals surface area (Å²) in [5, 5.41) is 0.334. The number of halogens is 1. The number of hydrogen-bond donors (Lipinski definition) is 1. The number of aromatic nitrogens is 1. The van der Waals surface area contributed by atoms with Crippen LogP contribution >= 0.6 is 23.8 Å². The van der Waals surface area contributed by atoms with Crippen LogP contribution in [0.3, 0.4) is 0 Å². The number of ether oxygens (including phenoxy) is 1. The van der Waals surface area contributed by atoms with Crippen molar-refractivity contribution in [1.29, 1.82) is 0 Å². The van der Waals surface area contributed by atoms with E-state index in [0.717, 1.165) is 0 Å². The van der Waals surface area contributed by atoms with Gasteiger partial charge in [-0.25, -0.2) is 0 Å². The van der Waals surface area contributed by atoms with Gasteiger partial charge < -0.3 is 15.4 Å². The van der Waals surface area contributed by atoms with E-state index in [9.17, 15) is 4.79 Å². The Morgan fingerprint density at radius 3 is 3.11 bits per heavy atom. The van der Waals surface area contributed by atoms with Crippen LogP contribution < -0.4 is 5.73 Å². The van der Waals surface area contributed by atoms with E-state index in [2.05, 4.69) is 4.98 Å². The van der Waals surface area contributed by atoms with Gasteiger partial charge in [-0.05, 0) is 6.07 Å². The fourth-order valence-corrected chi connectivity index (χ4v) is 2.07. The monoisotopic (exact) mass is 285 g/mol. The lowest BCUT2D eigenvalue weighted by Crippen LogP contribution is -2.50. The second kappa shape index (κ2) is 5.60. The summed E-state index contributed by atoms with van der Waals surface area (Å²) in [4.78, 5) is 18.0. The molecule has 0 saturated carbocycles. The van der Waals surface area contributed by atoms with Gasteiger partial charge in [0, 0.05) is 18.9 Å². The van der Waals surface area contributed by atoms with Crippen LogP contribution in [0.15, 0.2) is 18.5 Å². The molecule has 18 heavy (non-hydrogen) atoms. The van der Waals surface area contributed by atoms with Crippen LogP contribution in [-0.2, 0) is 4.74 Å². The highest BCUT2D eigenvalue weighted by Gasteiger charge is 2.27. The fourth-order valence-electron chi connectivity index (χ4n) is 1.72. The maximum Gasteiger partial charge on any atom is 0.255 e. The Hall–Kier alpha value is -1.24. The fraction of sp³-hybridized carbons (Fsp3) is 0.364. The summed E-state index contributed by atoms with van der Waals surface area (Å²) in [6.07, 6.45) is 2.59. The van der Waals surface area contributed by atoms with Gasteiger partial charge in [0.1, 0.15) is 11.1 Å². The van der Waals surface area contributed by atoms with Crippen molar-refractivity contribution < 1.29 is 9.53 Å². The second-order valence-corrected chi connectivity index (χ2v) is 4.75. The highest BCUT2D eigenvalue weighted by atomic mass is 35.5. The molecule has 2 N–H and O–H groups in total. The average Bonchev–Trinajstić information content (AvgIpc) is 2.38. The minimum absolute atomic E-state index is 0.160. The number of thiocarbonyl (C=S) groups is 1. The molecule has 1 atom stereocenters. The largest absolute Gasteiger partial charge is 0.391 e. The van der Waals surface area contributed by atoms with Crippen molar-refractivity contribution in [2.45, 2.75) is 6.10 Å². The first-order valence-corrected chi connectivity index (χ1v) is 6.18. The Labute approximate surface area is 115 Å². The lowest BCUT2D eigenvalue weighted by molar-refractivity contribution is 0.00879. The minimum atomic E-state index is -0.390. The molecule has 1 aromatic rings. The molecule has 1 amide bonds. The molecule has 0 bridgehead atoms. The predicted octanol–water partition coefficient (Wildman–Crippen LogP) is 0.862. The number of pyridine rings is 1. The van der Waals surface area contributed by atoms with Crippen molar-refractivity contribution >= 4 is 34.7 Å². The number of morpholine rings is 1. The Bertz CT molecular complexity index is 483. The summed E-state index contributed by atoms with van der Waals surface area (Å²) in [6, 6.07) is 1.59. The van der Waals surface area contributed by atoms with E-state index < -0.39 is 6.10 Å². The summed E-state index contributed by atoms with van der Waals surface area (Å²) in [5.74, 6) is -0.160. The number of nitrogens with zero attached hydrogens (tertiary/aromatic N) is 2. The Morgan fingerprint density at radius 1 is 1.67 bits per heavy atom. The first kappa shape index (κ1) is 13.2. The van der Waals surface area contributed by atoms with Crippen molar-refractivity contribution in [2.24, 2.45) is 5.73 Å². The van der Waals surface area contributed by atoms with E-state index in [1.807, 2.05) is 0 Å². The number of nitrogens with two attached hydrogens (primary N) is 1. The molecule has 1 fully saturated rings. The van der Waals surface area contributed by atoms with E-state index in [1.165, 1.54) is 12.4 Å². The lowest BCUT2D eigenvalue weighted by Gasteiger charge is -2.32. The molecule has 1 aliphatic rings. The number of hydrogen-bond acceptors (Lipinski definition) is 4. The third kappa shape index (κ3) is 2.77. The zero-order chi connectivity index (χ0) is 13.1. The Balaban J connectivity index is 2.14. The maximum atomic E-state index is 12.3. The lowest BCUT2D eigenvalue weighted by atomic mass is 10.2. The van der Waals surface area contributed by atoms with Crippen LogP contribution in [-0.4, -0.2) is 46.6 Å². The van der Waals surface area contributed by atoms with Gasteiger partial charge in [0.15, 0.2) is 0 Å². The molecule has 2 rings (SSSR count). The molecular weight excluding hydrogens is 274 g/mol. The number of amides is 1. The van der Waals surface area contributed by atoms with E-state index in [1.54, 1.807) is 11.0 Å². The van der Waals surface area contributed by atoms with Gasteiger partial charge in [-0.15, -0.1) is 0 Å². The van der Waals surface area contributed by atoms with Gasteiger partial charge in [-0.3, -0.25) is 9.78 Å². The Kier molecular flexibility index (Phi) is 4.11. The van der Waals surface area contributed by atoms with Crippen molar-refractivity contribution in [2.75, 3.05) is 19.7 Å². The van der Waals surface area contributed by atoms with Crippen LogP contribution in [0.25, 0.3) is 0 Å². The van der Waals surface area contributed by atoms with Crippen LogP contribution in [0, 0.1) is 0 Å². The summed E-state index contributed by atoms with van der Waals surface area (Å²) >= 11 is 10.8. The molecule has 5 nitrogen and oxygen atoms in total. The van der Waals surface area contributed by atoms with E-state index in [-0.39, 0.29) is 10.9 Å².